The Bertz CT molecular complexity index is 1140. The van der Waals surface area contributed by atoms with Gasteiger partial charge in [-0.1, -0.05) is 62.9 Å². The van der Waals surface area contributed by atoms with Gasteiger partial charge >= 0.3 is 0 Å². The molecule has 7 heteroatoms. The number of fused-ring (bicyclic) bond motifs is 1. The second kappa shape index (κ2) is 10.4. The lowest BCUT2D eigenvalue weighted by Gasteiger charge is -2.35. The minimum atomic E-state index is -3.20. The lowest BCUT2D eigenvalue weighted by molar-refractivity contribution is 0.271. The number of benzene rings is 2. The van der Waals surface area contributed by atoms with Gasteiger partial charge in [-0.15, -0.1) is 0 Å². The normalized spacial score (nSPS) is 15.0. The lowest BCUT2D eigenvalue weighted by atomic mass is 10.0. The van der Waals surface area contributed by atoms with Crippen LogP contribution in [0.3, 0.4) is 0 Å². The van der Waals surface area contributed by atoms with Gasteiger partial charge in [-0.05, 0) is 30.5 Å². The summed E-state index contributed by atoms with van der Waals surface area (Å²) in [6, 6.07) is 18.5. The van der Waals surface area contributed by atoms with E-state index in [-0.39, 0.29) is 13.2 Å². The maximum absolute atomic E-state index is 11.7. The second-order valence-corrected chi connectivity index (χ2v) is 9.99. The number of nitrogens with zero attached hydrogens (tertiary/aromatic N) is 3. The van der Waals surface area contributed by atoms with Crippen LogP contribution in [0.4, 0.5) is 5.82 Å². The lowest BCUT2D eigenvalue weighted by Crippen LogP contribution is -2.46. The van der Waals surface area contributed by atoms with Gasteiger partial charge in [0.2, 0.25) is 10.0 Å². The average molecular weight is 455 g/mol. The molecular weight excluding hydrogens is 420 g/mol. The van der Waals surface area contributed by atoms with Crippen LogP contribution >= 0.6 is 0 Å². The fourth-order valence-corrected chi connectivity index (χ4v) is 4.52. The van der Waals surface area contributed by atoms with Crippen LogP contribution in [0.1, 0.15) is 26.8 Å². The maximum atomic E-state index is 11.7. The van der Waals surface area contributed by atoms with Crippen molar-refractivity contribution < 1.29 is 8.42 Å². The van der Waals surface area contributed by atoms with Gasteiger partial charge in [0.15, 0.2) is 0 Å². The van der Waals surface area contributed by atoms with Crippen molar-refractivity contribution in [2.45, 2.75) is 27.8 Å². The first kappa shape index (κ1) is 24.2. The Labute approximate surface area is 192 Å². The summed E-state index contributed by atoms with van der Waals surface area (Å²) in [5, 5.41) is 2.36. The van der Waals surface area contributed by atoms with Crippen molar-refractivity contribution in [3.63, 3.8) is 0 Å². The highest BCUT2D eigenvalue weighted by Crippen LogP contribution is 2.30. The first-order chi connectivity index (χ1) is 15.0. The number of aromatic nitrogens is 1. The van der Waals surface area contributed by atoms with E-state index in [1.807, 2.05) is 24.3 Å². The molecule has 0 atom stereocenters. The van der Waals surface area contributed by atoms with E-state index in [1.165, 1.54) is 10.8 Å². The topological polar surface area (TPSA) is 65.5 Å². The number of rotatable bonds is 7. The predicted octanol–water partition coefficient (Wildman–Crippen LogP) is 4.12. The summed E-state index contributed by atoms with van der Waals surface area (Å²) >= 11 is 0. The monoisotopic (exact) mass is 454 g/mol. The smallest absolute Gasteiger partial charge is 0.211 e. The third-order valence-corrected chi connectivity index (χ3v) is 7.31. The Hall–Kier alpha value is -2.48. The van der Waals surface area contributed by atoms with Crippen LogP contribution in [0.2, 0.25) is 0 Å². The first-order valence-corrected chi connectivity index (χ1v) is 12.6. The molecular formula is C25H34N4O2S. The molecule has 1 N–H and O–H groups in total. The first-order valence-electron chi connectivity index (χ1n) is 10.9. The molecule has 0 spiro atoms. The molecule has 6 nitrogen and oxygen atoms in total. The van der Waals surface area contributed by atoms with E-state index in [0.29, 0.717) is 6.54 Å². The fourth-order valence-electron chi connectivity index (χ4n) is 3.93. The van der Waals surface area contributed by atoms with Gasteiger partial charge in [0.25, 0.3) is 0 Å². The van der Waals surface area contributed by atoms with Crippen molar-refractivity contribution in [1.29, 1.82) is 0 Å². The Morgan fingerprint density at radius 2 is 1.66 bits per heavy atom. The summed E-state index contributed by atoms with van der Waals surface area (Å²) in [6.45, 7) is 9.29. The number of hydrogen-bond donors (Lipinski definition) is 1. The van der Waals surface area contributed by atoms with Crippen molar-refractivity contribution in [2.24, 2.45) is 0 Å². The number of hydrogen-bond acceptors (Lipinski definition) is 5. The van der Waals surface area contributed by atoms with Gasteiger partial charge < -0.3 is 9.80 Å². The number of pyridine rings is 1. The van der Waals surface area contributed by atoms with E-state index in [1.54, 1.807) is 6.92 Å². The molecule has 0 radical (unpaired) electrons. The van der Waals surface area contributed by atoms with Crippen LogP contribution in [0, 0.1) is 0 Å². The minimum absolute atomic E-state index is 0. The van der Waals surface area contributed by atoms with Gasteiger partial charge in [-0.3, -0.25) is 0 Å². The van der Waals surface area contributed by atoms with Crippen molar-refractivity contribution >= 4 is 26.6 Å². The number of likely N-dealkylation sites (N-methyl/N-ethyl adjacent to an activating group) is 1. The molecule has 3 aromatic rings. The molecule has 1 aliphatic rings. The molecule has 1 aromatic heterocycles. The molecule has 32 heavy (non-hydrogen) atoms. The molecule has 2 aromatic carbocycles. The standard InChI is InChI=1S/C24H30N4O2S.CH4/c1-3-27-13-15-28(16-14-27)24-22-8-6-5-7-21(22)17-23(26-24)20-11-9-19(10-12-20)18-25-31(29,30)4-2;/h5-12,17,25H,3-4,13-16,18H2,1-2H3;1H4. The zero-order valence-electron chi connectivity index (χ0n) is 18.2. The zero-order valence-corrected chi connectivity index (χ0v) is 19.0. The van der Waals surface area contributed by atoms with Crippen LogP contribution in [0.25, 0.3) is 22.0 Å². The fraction of sp³-hybridized carbons (Fsp3) is 0.400. The average Bonchev–Trinajstić information content (AvgIpc) is 2.82. The summed E-state index contributed by atoms with van der Waals surface area (Å²) in [5.41, 5.74) is 2.89. The van der Waals surface area contributed by atoms with E-state index in [2.05, 4.69) is 51.8 Å². The van der Waals surface area contributed by atoms with E-state index >= 15 is 0 Å². The summed E-state index contributed by atoms with van der Waals surface area (Å²) in [5.74, 6) is 1.13. The molecule has 1 aliphatic heterocycles. The molecule has 0 unspecified atom stereocenters. The van der Waals surface area contributed by atoms with Gasteiger partial charge in [0, 0.05) is 43.7 Å². The molecule has 4 rings (SSSR count). The van der Waals surface area contributed by atoms with Crippen LogP contribution < -0.4 is 9.62 Å². The third kappa shape index (κ3) is 5.46. The number of piperazine rings is 1. The van der Waals surface area contributed by atoms with Crippen molar-refractivity contribution in [3.05, 3.63) is 60.2 Å². The third-order valence-electron chi connectivity index (χ3n) is 5.97. The summed E-state index contributed by atoms with van der Waals surface area (Å²) in [4.78, 5) is 9.93. The molecule has 172 valence electrons. The van der Waals surface area contributed by atoms with Gasteiger partial charge in [0.05, 0.1) is 11.4 Å². The van der Waals surface area contributed by atoms with Crippen LogP contribution in [0.5, 0.6) is 0 Å². The van der Waals surface area contributed by atoms with Crippen LogP contribution in [-0.2, 0) is 16.6 Å². The highest BCUT2D eigenvalue weighted by molar-refractivity contribution is 7.89. The van der Waals surface area contributed by atoms with Crippen LogP contribution in [0.15, 0.2) is 54.6 Å². The Kier molecular flexibility index (Phi) is 7.87. The second-order valence-electron chi connectivity index (χ2n) is 7.90. The zero-order chi connectivity index (χ0) is 21.8. The molecule has 0 aliphatic carbocycles. The van der Waals surface area contributed by atoms with E-state index in [9.17, 15) is 8.42 Å². The molecule has 0 saturated carbocycles. The highest BCUT2D eigenvalue weighted by atomic mass is 32.2. The molecule has 0 amide bonds. The van der Waals surface area contributed by atoms with Crippen molar-refractivity contribution in [1.82, 2.24) is 14.6 Å². The molecule has 0 bridgehead atoms. The highest BCUT2D eigenvalue weighted by Gasteiger charge is 2.19. The minimum Gasteiger partial charge on any atom is -0.354 e. The van der Waals surface area contributed by atoms with Gasteiger partial charge in [-0.2, -0.15) is 0 Å². The molecule has 1 saturated heterocycles. The number of nitrogens with one attached hydrogen (secondary N) is 1. The Morgan fingerprint density at radius 1 is 0.969 bits per heavy atom. The van der Waals surface area contributed by atoms with E-state index in [0.717, 1.165) is 55.4 Å². The van der Waals surface area contributed by atoms with Crippen molar-refractivity contribution in [3.8, 4) is 11.3 Å². The maximum Gasteiger partial charge on any atom is 0.211 e. The summed E-state index contributed by atoms with van der Waals surface area (Å²) in [7, 11) is -3.20. The van der Waals surface area contributed by atoms with E-state index < -0.39 is 10.0 Å². The van der Waals surface area contributed by atoms with Crippen molar-refractivity contribution in [2.75, 3.05) is 43.4 Å². The van der Waals surface area contributed by atoms with Gasteiger partial charge in [-0.25, -0.2) is 18.1 Å². The largest absolute Gasteiger partial charge is 0.354 e. The number of anilines is 1. The Morgan fingerprint density at radius 3 is 2.31 bits per heavy atom. The summed E-state index contributed by atoms with van der Waals surface area (Å²) in [6.07, 6.45) is 0. The Balaban J connectivity index is 0.00000289. The quantitative estimate of drug-likeness (QED) is 0.582. The summed E-state index contributed by atoms with van der Waals surface area (Å²) < 4.78 is 26.0. The molecule has 1 fully saturated rings. The van der Waals surface area contributed by atoms with Gasteiger partial charge in [0.1, 0.15) is 5.82 Å². The SMILES string of the molecule is C.CCN1CCN(c2nc(-c3ccc(CNS(=O)(=O)CC)cc3)cc3ccccc23)CC1. The predicted molar refractivity (Wildman–Crippen MR) is 135 cm³/mol. The van der Waals surface area contributed by atoms with E-state index in [4.69, 9.17) is 4.98 Å². The molecule has 2 heterocycles. The number of sulfonamides is 1. The van der Waals surface area contributed by atoms with Crippen LogP contribution in [-0.4, -0.2) is 56.8 Å².